The Balaban J connectivity index is 0.00000256. The van der Waals surface area contributed by atoms with E-state index in [2.05, 4.69) is 25.7 Å². The molecule has 98 valence electrons. The van der Waals surface area contributed by atoms with Crippen molar-refractivity contribution in [3.05, 3.63) is 24.3 Å². The van der Waals surface area contributed by atoms with Crippen LogP contribution in [0.25, 0.3) is 0 Å². The molecule has 0 aliphatic heterocycles. The second-order valence-electron chi connectivity index (χ2n) is 3.59. The first-order valence-electron chi connectivity index (χ1n) is 5.76. The monoisotopic (exact) mass is 259 g/mol. The first-order valence-corrected chi connectivity index (χ1v) is 5.76. The van der Waals surface area contributed by atoms with Crippen LogP contribution in [0.5, 0.6) is 11.5 Å². The fourth-order valence-electron chi connectivity index (χ4n) is 1.71. The maximum atomic E-state index is 5.88. The Hall–Kier alpha value is -0.930. The van der Waals surface area contributed by atoms with Crippen LogP contribution < -0.4 is 9.47 Å². The van der Waals surface area contributed by atoms with E-state index in [9.17, 15) is 0 Å². The minimum atomic E-state index is 0. The summed E-state index contributed by atoms with van der Waals surface area (Å²) in [5.74, 6) is 1.57. The highest BCUT2D eigenvalue weighted by Gasteiger charge is 2.13. The quantitative estimate of drug-likeness (QED) is 0.733. The number of nitrogens with zero attached hydrogens (tertiary/aromatic N) is 1. The highest BCUT2D eigenvalue weighted by Crippen LogP contribution is 2.27. The number of hydrogen-bond acceptors (Lipinski definition) is 3. The van der Waals surface area contributed by atoms with Gasteiger partial charge in [0.25, 0.3) is 0 Å². The minimum absolute atomic E-state index is 0. The maximum Gasteiger partial charge on any atom is 0.163 e. The summed E-state index contributed by atoms with van der Waals surface area (Å²) >= 11 is 0. The summed E-state index contributed by atoms with van der Waals surface area (Å²) in [6, 6.07) is 7.73. The minimum Gasteiger partial charge on any atom is -0.493 e. The number of benzene rings is 1. The van der Waals surface area contributed by atoms with E-state index in [-0.39, 0.29) is 18.6 Å². The van der Waals surface area contributed by atoms with Crippen LogP contribution in [0.2, 0.25) is 0 Å². The average Bonchev–Trinajstić information content (AvgIpc) is 2.31. The van der Waals surface area contributed by atoms with Crippen LogP contribution in [-0.2, 0) is 0 Å². The van der Waals surface area contributed by atoms with Crippen molar-refractivity contribution in [3.8, 4) is 11.5 Å². The number of rotatable bonds is 6. The van der Waals surface area contributed by atoms with Gasteiger partial charge in [0.05, 0.1) is 7.11 Å². The first kappa shape index (κ1) is 16.1. The zero-order valence-corrected chi connectivity index (χ0v) is 11.8. The van der Waals surface area contributed by atoms with Gasteiger partial charge in [-0.05, 0) is 32.1 Å². The summed E-state index contributed by atoms with van der Waals surface area (Å²) in [7, 11) is 1.66. The lowest BCUT2D eigenvalue weighted by molar-refractivity contribution is 0.0458. The molecule has 0 radical (unpaired) electrons. The van der Waals surface area contributed by atoms with Gasteiger partial charge in [-0.1, -0.05) is 26.0 Å². The molecule has 1 rings (SSSR count). The number of halogens is 1. The lowest BCUT2D eigenvalue weighted by Gasteiger charge is -2.27. The molecule has 0 saturated heterocycles. The largest absolute Gasteiger partial charge is 0.493 e. The standard InChI is InChI=1S/C13H21NO2.ClH/c1-5-14(6-2)11(3)16-13-10-8-7-9-12(13)15-4;/h7-11H,5-6H2,1-4H3;1H. The van der Waals surface area contributed by atoms with Crippen molar-refractivity contribution < 1.29 is 9.47 Å². The summed E-state index contributed by atoms with van der Waals surface area (Å²) in [6.45, 7) is 8.27. The Kier molecular flexibility index (Phi) is 7.75. The van der Waals surface area contributed by atoms with E-state index in [4.69, 9.17) is 9.47 Å². The fourth-order valence-corrected chi connectivity index (χ4v) is 1.71. The van der Waals surface area contributed by atoms with Crippen LogP contribution in [-0.4, -0.2) is 31.3 Å². The Morgan fingerprint density at radius 3 is 2.12 bits per heavy atom. The van der Waals surface area contributed by atoms with Crippen molar-refractivity contribution in [2.24, 2.45) is 0 Å². The molecule has 0 aromatic heterocycles. The molecular formula is C13H22ClNO2. The van der Waals surface area contributed by atoms with Crippen molar-refractivity contribution in [1.29, 1.82) is 0 Å². The van der Waals surface area contributed by atoms with Gasteiger partial charge >= 0.3 is 0 Å². The highest BCUT2D eigenvalue weighted by atomic mass is 35.5. The van der Waals surface area contributed by atoms with Crippen LogP contribution in [0.4, 0.5) is 0 Å². The molecule has 1 aromatic rings. The van der Waals surface area contributed by atoms with Crippen LogP contribution in [0, 0.1) is 0 Å². The lowest BCUT2D eigenvalue weighted by atomic mass is 10.3. The molecule has 0 aliphatic carbocycles. The van der Waals surface area contributed by atoms with Gasteiger partial charge in [-0.15, -0.1) is 12.4 Å². The Morgan fingerprint density at radius 1 is 1.12 bits per heavy atom. The Bertz CT molecular complexity index is 316. The third kappa shape index (κ3) is 4.44. The van der Waals surface area contributed by atoms with Crippen LogP contribution in [0.1, 0.15) is 20.8 Å². The summed E-state index contributed by atoms with van der Waals surface area (Å²) < 4.78 is 11.1. The normalized spacial score (nSPS) is 11.8. The Labute approximate surface area is 110 Å². The molecular weight excluding hydrogens is 238 g/mol. The summed E-state index contributed by atoms with van der Waals surface area (Å²) in [6.07, 6.45) is 0.0614. The van der Waals surface area contributed by atoms with E-state index in [1.165, 1.54) is 0 Å². The molecule has 17 heavy (non-hydrogen) atoms. The number of para-hydroxylation sites is 2. The average molecular weight is 260 g/mol. The van der Waals surface area contributed by atoms with Gasteiger partial charge in [-0.25, -0.2) is 0 Å². The smallest absolute Gasteiger partial charge is 0.163 e. The second-order valence-corrected chi connectivity index (χ2v) is 3.59. The lowest BCUT2D eigenvalue weighted by Crippen LogP contribution is -2.36. The van der Waals surface area contributed by atoms with E-state index < -0.39 is 0 Å². The van der Waals surface area contributed by atoms with Crippen molar-refractivity contribution >= 4 is 12.4 Å². The van der Waals surface area contributed by atoms with Gasteiger partial charge < -0.3 is 9.47 Å². The summed E-state index contributed by atoms with van der Waals surface area (Å²) in [5, 5.41) is 0. The van der Waals surface area contributed by atoms with Crippen LogP contribution >= 0.6 is 12.4 Å². The molecule has 0 N–H and O–H groups in total. The van der Waals surface area contributed by atoms with Gasteiger partial charge in [0.1, 0.15) is 6.23 Å². The van der Waals surface area contributed by atoms with Gasteiger partial charge in [-0.2, -0.15) is 0 Å². The van der Waals surface area contributed by atoms with Crippen molar-refractivity contribution in [3.63, 3.8) is 0 Å². The molecule has 3 nitrogen and oxygen atoms in total. The van der Waals surface area contributed by atoms with Gasteiger partial charge in [-0.3, -0.25) is 4.90 Å². The maximum absolute atomic E-state index is 5.88. The van der Waals surface area contributed by atoms with Crippen molar-refractivity contribution in [2.75, 3.05) is 20.2 Å². The third-order valence-corrected chi connectivity index (χ3v) is 2.69. The van der Waals surface area contributed by atoms with Crippen LogP contribution in [0.15, 0.2) is 24.3 Å². The van der Waals surface area contributed by atoms with E-state index in [0.717, 1.165) is 24.6 Å². The molecule has 0 aliphatic rings. The van der Waals surface area contributed by atoms with Gasteiger partial charge in [0.2, 0.25) is 0 Å². The molecule has 0 amide bonds. The van der Waals surface area contributed by atoms with Gasteiger partial charge in [0, 0.05) is 0 Å². The van der Waals surface area contributed by atoms with Crippen molar-refractivity contribution in [2.45, 2.75) is 27.0 Å². The van der Waals surface area contributed by atoms with Gasteiger partial charge in [0.15, 0.2) is 11.5 Å². The van der Waals surface area contributed by atoms with E-state index >= 15 is 0 Å². The molecule has 0 spiro atoms. The predicted molar refractivity (Wildman–Crippen MR) is 73.3 cm³/mol. The molecule has 4 heteroatoms. The second kappa shape index (κ2) is 8.20. The highest BCUT2D eigenvalue weighted by molar-refractivity contribution is 5.85. The predicted octanol–water partition coefficient (Wildman–Crippen LogP) is 3.18. The molecule has 1 aromatic carbocycles. The number of methoxy groups -OCH3 is 1. The molecule has 0 bridgehead atoms. The van der Waals surface area contributed by atoms with E-state index in [0.29, 0.717) is 0 Å². The SMILES string of the molecule is CCN(CC)C(C)Oc1ccccc1OC.Cl. The van der Waals surface area contributed by atoms with Crippen molar-refractivity contribution in [1.82, 2.24) is 4.90 Å². The molecule has 0 heterocycles. The summed E-state index contributed by atoms with van der Waals surface area (Å²) in [5.41, 5.74) is 0. The molecule has 0 saturated carbocycles. The molecule has 1 unspecified atom stereocenters. The fraction of sp³-hybridized carbons (Fsp3) is 0.538. The zero-order valence-electron chi connectivity index (χ0n) is 11.0. The number of hydrogen-bond donors (Lipinski definition) is 0. The number of ether oxygens (including phenoxy) is 2. The summed E-state index contributed by atoms with van der Waals surface area (Å²) in [4.78, 5) is 2.24. The molecule has 1 atom stereocenters. The Morgan fingerprint density at radius 2 is 1.65 bits per heavy atom. The van der Waals surface area contributed by atoms with Crippen LogP contribution in [0.3, 0.4) is 0 Å². The third-order valence-electron chi connectivity index (χ3n) is 2.69. The molecule has 0 fully saturated rings. The zero-order chi connectivity index (χ0) is 12.0. The van der Waals surface area contributed by atoms with E-state index in [1.807, 2.05) is 24.3 Å². The van der Waals surface area contributed by atoms with E-state index in [1.54, 1.807) is 7.11 Å². The topological polar surface area (TPSA) is 21.7 Å². The first-order chi connectivity index (χ1) is 7.72.